The maximum atomic E-state index is 12.8. The summed E-state index contributed by atoms with van der Waals surface area (Å²) in [6, 6.07) is 12.7. The first-order chi connectivity index (χ1) is 13.3. The van der Waals surface area contributed by atoms with Crippen LogP contribution in [0, 0.1) is 13.8 Å². The molecular formula is C24H28N2OS. The summed E-state index contributed by atoms with van der Waals surface area (Å²) in [6.45, 7) is 7.71. The number of hydrogen-bond donors (Lipinski definition) is 1. The first-order valence-corrected chi connectivity index (χ1v) is 10.9. The highest BCUT2D eigenvalue weighted by Crippen LogP contribution is 2.29. The highest BCUT2D eigenvalue weighted by atomic mass is 32.1. The molecule has 2 aromatic carbocycles. The molecule has 4 heteroatoms. The van der Waals surface area contributed by atoms with E-state index in [-0.39, 0.29) is 11.4 Å². The molecule has 1 aliphatic heterocycles. The summed E-state index contributed by atoms with van der Waals surface area (Å²) < 4.78 is 1.34. The Balaban J connectivity index is 1.37. The average molecular weight is 393 g/mol. The predicted octanol–water partition coefficient (Wildman–Crippen LogP) is 5.21. The molecule has 4 rings (SSSR count). The number of carbonyl (C=O) groups excluding carboxylic acids is 1. The van der Waals surface area contributed by atoms with Crippen LogP contribution in [0.5, 0.6) is 0 Å². The third-order valence-electron chi connectivity index (χ3n) is 6.08. The van der Waals surface area contributed by atoms with Gasteiger partial charge in [-0.25, -0.2) is 0 Å². The second-order valence-electron chi connectivity index (χ2n) is 8.48. The fourth-order valence-corrected chi connectivity index (χ4v) is 4.99. The van der Waals surface area contributed by atoms with Gasteiger partial charge in [-0.2, -0.15) is 0 Å². The van der Waals surface area contributed by atoms with Crippen LogP contribution in [0.2, 0.25) is 0 Å². The number of rotatable bonds is 6. The molecule has 1 aromatic heterocycles. The first kappa shape index (κ1) is 19.2. The summed E-state index contributed by atoms with van der Waals surface area (Å²) in [4.78, 5) is 14.7. The largest absolute Gasteiger partial charge is 0.334 e. The fraction of sp³-hybridized carbons (Fsp3) is 0.375. The van der Waals surface area contributed by atoms with Gasteiger partial charge < -0.3 is 10.6 Å². The molecule has 0 bridgehead atoms. The molecule has 2 N–H and O–H groups in total. The highest BCUT2D eigenvalue weighted by molar-refractivity contribution is 7.17. The Kier molecular flexibility index (Phi) is 5.02. The predicted molar refractivity (Wildman–Crippen MR) is 118 cm³/mol. The van der Waals surface area contributed by atoms with Crippen molar-refractivity contribution in [2.45, 2.75) is 52.1 Å². The molecule has 0 saturated heterocycles. The number of hydrogen-bond acceptors (Lipinski definition) is 3. The quantitative estimate of drug-likeness (QED) is 0.625. The van der Waals surface area contributed by atoms with Crippen LogP contribution in [-0.2, 0) is 13.0 Å². The number of nitrogens with two attached hydrogens (primary N) is 1. The molecule has 146 valence electrons. The first-order valence-electron chi connectivity index (χ1n) is 9.97. The zero-order chi connectivity index (χ0) is 19.9. The Bertz CT molecular complexity index is 1030. The van der Waals surface area contributed by atoms with Crippen molar-refractivity contribution in [3.8, 4) is 0 Å². The lowest BCUT2D eigenvalue weighted by molar-refractivity contribution is 0.0766. The topological polar surface area (TPSA) is 46.3 Å². The number of fused-ring (bicyclic) bond motifs is 2. The smallest absolute Gasteiger partial charge is 0.254 e. The lowest BCUT2D eigenvalue weighted by Crippen LogP contribution is -2.40. The van der Waals surface area contributed by atoms with E-state index in [0.717, 1.165) is 30.4 Å². The van der Waals surface area contributed by atoms with E-state index in [2.05, 4.69) is 56.5 Å². The van der Waals surface area contributed by atoms with Gasteiger partial charge >= 0.3 is 0 Å². The third kappa shape index (κ3) is 3.71. The van der Waals surface area contributed by atoms with Crippen LogP contribution in [0.15, 0.2) is 41.8 Å². The third-order valence-corrected chi connectivity index (χ3v) is 7.09. The van der Waals surface area contributed by atoms with Crippen LogP contribution < -0.4 is 5.73 Å². The Morgan fingerprint density at radius 2 is 1.89 bits per heavy atom. The molecule has 0 aliphatic carbocycles. The van der Waals surface area contributed by atoms with Gasteiger partial charge in [-0.15, -0.1) is 11.3 Å². The molecule has 28 heavy (non-hydrogen) atoms. The van der Waals surface area contributed by atoms with Crippen molar-refractivity contribution >= 4 is 27.3 Å². The van der Waals surface area contributed by atoms with Gasteiger partial charge in [0.1, 0.15) is 0 Å². The zero-order valence-electron chi connectivity index (χ0n) is 16.9. The molecule has 0 fully saturated rings. The number of carbonyl (C=O) groups is 1. The van der Waals surface area contributed by atoms with Gasteiger partial charge in [0.2, 0.25) is 0 Å². The summed E-state index contributed by atoms with van der Waals surface area (Å²) in [7, 11) is 0. The van der Waals surface area contributed by atoms with Gasteiger partial charge in [0.25, 0.3) is 5.91 Å². The number of benzene rings is 2. The highest BCUT2D eigenvalue weighted by Gasteiger charge is 2.29. The summed E-state index contributed by atoms with van der Waals surface area (Å²) in [5, 5.41) is 3.60. The van der Waals surface area contributed by atoms with Crippen LogP contribution in [0.25, 0.3) is 10.1 Å². The Labute approximate surface area is 171 Å². The minimum atomic E-state index is -0.288. The molecule has 0 saturated carbocycles. The number of amides is 1. The van der Waals surface area contributed by atoms with E-state index in [9.17, 15) is 4.79 Å². The van der Waals surface area contributed by atoms with E-state index in [1.807, 2.05) is 11.0 Å². The zero-order valence-corrected chi connectivity index (χ0v) is 17.7. The SMILES string of the molecule is Cc1cc2c(cc1C)C(=O)N(CCC(C)(N)CCc1csc3ccccc13)C2. The van der Waals surface area contributed by atoms with Crippen LogP contribution in [0.3, 0.4) is 0 Å². The Morgan fingerprint density at radius 1 is 1.14 bits per heavy atom. The summed E-state index contributed by atoms with van der Waals surface area (Å²) in [5.41, 5.74) is 12.2. The number of nitrogens with zero attached hydrogens (tertiary/aromatic N) is 1. The van der Waals surface area contributed by atoms with Crippen LogP contribution in [0.1, 0.15) is 52.4 Å². The van der Waals surface area contributed by atoms with Gasteiger partial charge in [-0.1, -0.05) is 24.3 Å². The van der Waals surface area contributed by atoms with E-state index in [1.165, 1.54) is 26.8 Å². The molecular weight excluding hydrogens is 364 g/mol. The second kappa shape index (κ2) is 7.34. The molecule has 2 heterocycles. The van der Waals surface area contributed by atoms with Gasteiger partial charge in [0, 0.05) is 28.9 Å². The fourth-order valence-electron chi connectivity index (χ4n) is 4.00. The molecule has 1 amide bonds. The van der Waals surface area contributed by atoms with Gasteiger partial charge in [-0.05, 0) is 85.2 Å². The minimum Gasteiger partial charge on any atom is -0.334 e. The molecule has 0 spiro atoms. The molecule has 0 radical (unpaired) electrons. The van der Waals surface area contributed by atoms with Crippen molar-refractivity contribution in [1.29, 1.82) is 0 Å². The van der Waals surface area contributed by atoms with E-state index in [0.29, 0.717) is 13.1 Å². The lowest BCUT2D eigenvalue weighted by atomic mass is 9.91. The molecule has 3 aromatic rings. The van der Waals surface area contributed by atoms with E-state index in [1.54, 1.807) is 11.3 Å². The molecule has 3 nitrogen and oxygen atoms in total. The molecule has 1 atom stereocenters. The second-order valence-corrected chi connectivity index (χ2v) is 9.39. The Hall–Kier alpha value is -2.17. The summed E-state index contributed by atoms with van der Waals surface area (Å²) in [5.74, 6) is 0.151. The van der Waals surface area contributed by atoms with Gasteiger partial charge in [0.05, 0.1) is 0 Å². The normalized spacial score (nSPS) is 15.9. The van der Waals surface area contributed by atoms with Gasteiger partial charge in [-0.3, -0.25) is 4.79 Å². The van der Waals surface area contributed by atoms with Crippen molar-refractivity contribution in [1.82, 2.24) is 4.90 Å². The maximum absolute atomic E-state index is 12.8. The molecule has 1 unspecified atom stereocenters. The van der Waals surface area contributed by atoms with Crippen molar-refractivity contribution in [3.05, 3.63) is 69.6 Å². The monoisotopic (exact) mass is 392 g/mol. The summed E-state index contributed by atoms with van der Waals surface area (Å²) in [6.07, 6.45) is 2.71. The van der Waals surface area contributed by atoms with E-state index in [4.69, 9.17) is 5.73 Å². The van der Waals surface area contributed by atoms with Crippen LogP contribution in [0.4, 0.5) is 0 Å². The lowest BCUT2D eigenvalue weighted by Gasteiger charge is -2.27. The van der Waals surface area contributed by atoms with Crippen molar-refractivity contribution in [3.63, 3.8) is 0 Å². The number of aryl methyl sites for hydroxylation is 3. The van der Waals surface area contributed by atoms with Crippen LogP contribution >= 0.6 is 11.3 Å². The van der Waals surface area contributed by atoms with Crippen molar-refractivity contribution in [2.75, 3.05) is 6.54 Å². The molecule has 1 aliphatic rings. The van der Waals surface area contributed by atoms with E-state index >= 15 is 0 Å². The minimum absolute atomic E-state index is 0.151. The average Bonchev–Trinajstić information content (AvgIpc) is 3.21. The standard InChI is InChI=1S/C24H28N2OS/c1-16-12-19-14-26(23(27)21(19)13-17(16)2)11-10-24(3,25)9-8-18-15-28-22-7-5-4-6-20(18)22/h4-7,12-13,15H,8-11,14,25H2,1-3H3. The Morgan fingerprint density at radius 3 is 2.71 bits per heavy atom. The number of thiophene rings is 1. The van der Waals surface area contributed by atoms with Crippen molar-refractivity contribution < 1.29 is 4.79 Å². The summed E-state index contributed by atoms with van der Waals surface area (Å²) >= 11 is 1.80. The van der Waals surface area contributed by atoms with Crippen molar-refractivity contribution in [2.24, 2.45) is 5.73 Å². The maximum Gasteiger partial charge on any atom is 0.254 e. The van der Waals surface area contributed by atoms with E-state index < -0.39 is 0 Å². The van der Waals surface area contributed by atoms with Crippen LogP contribution in [-0.4, -0.2) is 22.9 Å². The van der Waals surface area contributed by atoms with Gasteiger partial charge in [0.15, 0.2) is 0 Å².